The smallest absolute Gasteiger partial charge is 0.335 e. The first kappa shape index (κ1) is 40.7. The molecule has 5 atom stereocenters. The molecule has 1 aromatic rings. The quantitative estimate of drug-likeness (QED) is 0.134. The van der Waals surface area contributed by atoms with E-state index in [1.807, 2.05) is 0 Å². The van der Waals surface area contributed by atoms with Crippen LogP contribution in [0.4, 0.5) is 5.69 Å². The van der Waals surface area contributed by atoms with E-state index < -0.39 is 72.8 Å². The Kier molecular flexibility index (Phi) is 12.0. The van der Waals surface area contributed by atoms with Crippen molar-refractivity contribution in [1.82, 2.24) is 0 Å². The molecular formula is C33H59NO11Si3. The molecule has 0 saturated carbocycles. The summed E-state index contributed by atoms with van der Waals surface area (Å²) in [6.07, 6.45) is -6.46. The van der Waals surface area contributed by atoms with Crippen molar-refractivity contribution in [1.29, 1.82) is 0 Å². The topological polar surface area (TPSA) is 145 Å². The van der Waals surface area contributed by atoms with Gasteiger partial charge in [-0.15, -0.1) is 0 Å². The van der Waals surface area contributed by atoms with Crippen molar-refractivity contribution in [2.75, 3.05) is 13.2 Å². The van der Waals surface area contributed by atoms with Crippen LogP contribution in [-0.4, -0.2) is 84.9 Å². The van der Waals surface area contributed by atoms with Crippen LogP contribution >= 0.6 is 0 Å². The molecule has 3 rings (SSSR count). The highest BCUT2D eigenvalue weighted by atomic mass is 28.4. The van der Waals surface area contributed by atoms with E-state index in [0.29, 0.717) is 18.8 Å². The van der Waals surface area contributed by atoms with Gasteiger partial charge in [-0.25, -0.2) is 4.79 Å². The zero-order chi connectivity index (χ0) is 36.8. The molecule has 2 aliphatic rings. The number of carboxylic acid groups (broad SMARTS) is 1. The Hall–Kier alpha value is -1.70. The molecule has 0 spiro atoms. The number of carbonyl (C=O) groups is 1. The Balaban J connectivity index is 2.28. The van der Waals surface area contributed by atoms with Crippen molar-refractivity contribution in [3.63, 3.8) is 0 Å². The molecule has 2 fully saturated rings. The van der Waals surface area contributed by atoms with Crippen LogP contribution in [0.3, 0.4) is 0 Å². The number of nitro benzene ring substituents is 1. The first-order valence-corrected chi connectivity index (χ1v) is 25.4. The number of benzene rings is 1. The van der Waals surface area contributed by atoms with Gasteiger partial charge in [-0.2, -0.15) is 0 Å². The van der Waals surface area contributed by atoms with E-state index in [-0.39, 0.29) is 26.6 Å². The van der Waals surface area contributed by atoms with Crippen molar-refractivity contribution in [3.05, 3.63) is 33.9 Å². The molecule has 0 aliphatic carbocycles. The molecule has 0 aromatic heterocycles. The number of rotatable bonds is 11. The van der Waals surface area contributed by atoms with Gasteiger partial charge in [0.15, 0.2) is 37.3 Å². The van der Waals surface area contributed by atoms with Crippen molar-refractivity contribution < 1.29 is 47.0 Å². The number of aliphatic carboxylic acids is 1. The molecule has 0 bridgehead atoms. The van der Waals surface area contributed by atoms with Gasteiger partial charge in [-0.05, 0) is 60.5 Å². The second-order valence-corrected chi connectivity index (χ2v) is 31.7. The van der Waals surface area contributed by atoms with E-state index in [2.05, 4.69) is 102 Å². The summed E-state index contributed by atoms with van der Waals surface area (Å²) in [5.41, 5.74) is 0.130. The number of hydrogen-bond acceptors (Lipinski definition) is 10. The molecule has 48 heavy (non-hydrogen) atoms. The molecule has 1 aromatic carbocycles. The maximum Gasteiger partial charge on any atom is 0.335 e. The second kappa shape index (κ2) is 14.1. The Bertz CT molecular complexity index is 1310. The van der Waals surface area contributed by atoms with Crippen LogP contribution in [0.15, 0.2) is 18.2 Å². The van der Waals surface area contributed by atoms with Gasteiger partial charge in [0.2, 0.25) is 6.29 Å². The number of nitro groups is 1. The lowest BCUT2D eigenvalue weighted by Crippen LogP contribution is -2.69. The summed E-state index contributed by atoms with van der Waals surface area (Å²) in [7, 11) is -7.81. The molecule has 0 amide bonds. The molecule has 15 heteroatoms. The molecule has 1 N–H and O–H groups in total. The van der Waals surface area contributed by atoms with Crippen molar-refractivity contribution >= 4 is 36.6 Å². The Labute approximate surface area is 289 Å². The maximum absolute atomic E-state index is 13.1. The van der Waals surface area contributed by atoms with E-state index in [0.717, 1.165) is 0 Å². The number of nitrogens with zero attached hydrogens (tertiary/aromatic N) is 1. The minimum atomic E-state index is -2.61. The first-order chi connectivity index (χ1) is 21.6. The molecule has 2 heterocycles. The van der Waals surface area contributed by atoms with Gasteiger partial charge in [-0.1, -0.05) is 62.3 Å². The summed E-state index contributed by atoms with van der Waals surface area (Å²) >= 11 is 0. The molecule has 274 valence electrons. The highest BCUT2D eigenvalue weighted by Crippen LogP contribution is 2.47. The van der Waals surface area contributed by atoms with Crippen LogP contribution < -0.4 is 4.74 Å². The largest absolute Gasteiger partial charge is 0.479 e. The number of ether oxygens (including phenoxy) is 4. The van der Waals surface area contributed by atoms with Gasteiger partial charge in [-0.3, -0.25) is 10.1 Å². The van der Waals surface area contributed by atoms with Gasteiger partial charge in [0.05, 0.1) is 23.7 Å². The number of hydrogen-bond donors (Lipinski definition) is 1. The molecule has 0 unspecified atom stereocenters. The Morgan fingerprint density at radius 1 is 0.792 bits per heavy atom. The fourth-order valence-corrected chi connectivity index (χ4v) is 8.52. The van der Waals surface area contributed by atoms with Crippen molar-refractivity contribution in [3.8, 4) is 5.75 Å². The van der Waals surface area contributed by atoms with Crippen molar-refractivity contribution in [2.24, 2.45) is 0 Å². The average Bonchev–Trinajstić information content (AvgIpc) is 3.44. The van der Waals surface area contributed by atoms with Gasteiger partial charge in [0, 0.05) is 12.1 Å². The third-order valence-electron chi connectivity index (χ3n) is 10.8. The molecular weight excluding hydrogens is 671 g/mol. The molecule has 2 aliphatic heterocycles. The monoisotopic (exact) mass is 729 g/mol. The number of carboxylic acids is 1. The van der Waals surface area contributed by atoms with Crippen LogP contribution in [-0.2, 0) is 32.3 Å². The van der Waals surface area contributed by atoms with Crippen LogP contribution in [0, 0.1) is 10.1 Å². The Morgan fingerprint density at radius 2 is 1.23 bits per heavy atom. The van der Waals surface area contributed by atoms with Gasteiger partial charge in [0.1, 0.15) is 24.1 Å². The first-order valence-electron chi connectivity index (χ1n) is 16.7. The van der Waals surface area contributed by atoms with Crippen LogP contribution in [0.5, 0.6) is 5.75 Å². The average molecular weight is 730 g/mol. The third-order valence-corrected chi connectivity index (χ3v) is 24.2. The van der Waals surface area contributed by atoms with E-state index in [9.17, 15) is 20.0 Å². The Morgan fingerprint density at radius 3 is 1.65 bits per heavy atom. The van der Waals surface area contributed by atoms with Crippen LogP contribution in [0.1, 0.15) is 74.2 Å². The van der Waals surface area contributed by atoms with E-state index in [4.69, 9.17) is 32.2 Å². The highest BCUT2D eigenvalue weighted by Gasteiger charge is 2.58. The lowest BCUT2D eigenvalue weighted by Gasteiger charge is -2.53. The lowest BCUT2D eigenvalue weighted by atomic mass is 9.99. The summed E-state index contributed by atoms with van der Waals surface area (Å²) in [6, 6.07) is 4.13. The minimum Gasteiger partial charge on any atom is -0.479 e. The predicted molar refractivity (Wildman–Crippen MR) is 191 cm³/mol. The van der Waals surface area contributed by atoms with Crippen molar-refractivity contribution in [2.45, 2.75) is 154 Å². The zero-order valence-electron chi connectivity index (χ0n) is 31.6. The highest BCUT2D eigenvalue weighted by molar-refractivity contribution is 6.75. The molecule has 12 nitrogen and oxygen atoms in total. The second-order valence-electron chi connectivity index (χ2n) is 17.5. The van der Waals surface area contributed by atoms with E-state index in [1.54, 1.807) is 0 Å². The third kappa shape index (κ3) is 8.96. The maximum atomic E-state index is 13.1. The molecule has 2 saturated heterocycles. The fraction of sp³-hybridized carbons (Fsp3) is 0.788. The summed E-state index contributed by atoms with van der Waals surface area (Å²) in [5.74, 6) is -1.02. The molecule has 0 radical (unpaired) electrons. The minimum absolute atomic E-state index is 0.166. The summed E-state index contributed by atoms with van der Waals surface area (Å²) < 4.78 is 45.7. The van der Waals surface area contributed by atoms with Gasteiger partial charge < -0.3 is 37.3 Å². The predicted octanol–water partition coefficient (Wildman–Crippen LogP) is 8.00. The number of non-ortho nitro benzene ring substituents is 1. The summed E-state index contributed by atoms with van der Waals surface area (Å²) in [6.45, 7) is 32.2. The summed E-state index contributed by atoms with van der Waals surface area (Å²) in [5, 5.41) is 21.7. The van der Waals surface area contributed by atoms with Crippen LogP contribution in [0.2, 0.25) is 54.4 Å². The normalized spacial score (nSPS) is 25.3. The SMILES string of the molecule is CC(C)(C)[Si](C)(C)O[C@H]1[C@@H](O[Si](C)(C)C(C)(C)C)[C@@H](C(=O)O)O[C@@H](Oc2ccc([N+](=O)[O-])cc2C2OCCO2)[C@@H]1O[Si](C)(C)C(C)(C)C. The fourth-order valence-electron chi connectivity index (χ4n) is 4.65. The van der Waals surface area contributed by atoms with Gasteiger partial charge in [0.25, 0.3) is 5.69 Å². The lowest BCUT2D eigenvalue weighted by molar-refractivity contribution is -0.385. The van der Waals surface area contributed by atoms with E-state index in [1.165, 1.54) is 18.2 Å². The zero-order valence-corrected chi connectivity index (χ0v) is 34.6. The standard InChI is InChI=1S/C33H59NO11Si3/c1-31(2,3)46(10,11)43-24-25(44-47(12,13)32(4,5)6)27(45-48(14,15)33(7,8)9)30(42-26(24)28(35)36)41-23-17-16-21(34(37)38)20-22(23)29-39-18-19-40-29/h16-17,20,24-27,29-30H,18-19H2,1-15H3,(H,35,36)/t24-,25+,26+,27-,30-/m1/s1. The van der Waals surface area contributed by atoms with Gasteiger partial charge >= 0.3 is 5.97 Å². The van der Waals surface area contributed by atoms with E-state index >= 15 is 0 Å². The summed E-state index contributed by atoms with van der Waals surface area (Å²) in [4.78, 5) is 24.3. The van der Waals surface area contributed by atoms with Crippen LogP contribution in [0.25, 0.3) is 0 Å².